The van der Waals surface area contributed by atoms with E-state index in [2.05, 4.69) is 38.3 Å². The first kappa shape index (κ1) is 12.2. The van der Waals surface area contributed by atoms with Crippen LogP contribution in [0.15, 0.2) is 48.0 Å². The lowest BCUT2D eigenvalue weighted by atomic mass is 9.98. The number of hydrogen-bond acceptors (Lipinski definition) is 0. The third-order valence-corrected chi connectivity index (χ3v) is 3.70. The van der Waals surface area contributed by atoms with Crippen molar-refractivity contribution in [2.45, 2.75) is 26.2 Å². The summed E-state index contributed by atoms with van der Waals surface area (Å²) in [5, 5.41) is 0.788. The van der Waals surface area contributed by atoms with Gasteiger partial charge < -0.3 is 0 Å². The van der Waals surface area contributed by atoms with E-state index in [4.69, 9.17) is 11.6 Å². The van der Waals surface area contributed by atoms with Crippen LogP contribution < -0.4 is 0 Å². The minimum atomic E-state index is 0.788. The molecule has 0 spiro atoms. The van der Waals surface area contributed by atoms with Crippen LogP contribution >= 0.6 is 11.6 Å². The highest BCUT2D eigenvalue weighted by molar-refractivity contribution is 6.31. The van der Waals surface area contributed by atoms with Crippen molar-refractivity contribution in [1.29, 1.82) is 0 Å². The Morgan fingerprint density at radius 3 is 2.82 bits per heavy atom. The number of rotatable bonds is 1. The van der Waals surface area contributed by atoms with E-state index in [1.54, 1.807) is 6.08 Å². The zero-order chi connectivity index (χ0) is 12.4. The van der Waals surface area contributed by atoms with Gasteiger partial charge in [-0.3, -0.25) is 0 Å². The van der Waals surface area contributed by atoms with Gasteiger partial charge in [0, 0.05) is 5.03 Å². The molecule has 0 N–H and O–H groups in total. The van der Waals surface area contributed by atoms with Crippen LogP contribution in [0.2, 0.25) is 0 Å². The SMILES string of the molecule is C=C/C(Cl)=C1/CCc2cc(C)ccc2C(=C)C1. The van der Waals surface area contributed by atoms with E-state index in [1.807, 2.05) is 0 Å². The van der Waals surface area contributed by atoms with Gasteiger partial charge in [0.1, 0.15) is 0 Å². The molecule has 0 saturated heterocycles. The van der Waals surface area contributed by atoms with E-state index in [0.29, 0.717) is 0 Å². The van der Waals surface area contributed by atoms with Gasteiger partial charge in [0.25, 0.3) is 0 Å². The maximum Gasteiger partial charge on any atom is 0.0395 e. The van der Waals surface area contributed by atoms with Gasteiger partial charge in [0.05, 0.1) is 0 Å². The molecule has 0 bridgehead atoms. The topological polar surface area (TPSA) is 0 Å². The highest BCUT2D eigenvalue weighted by atomic mass is 35.5. The van der Waals surface area contributed by atoms with Crippen LogP contribution in [0.4, 0.5) is 0 Å². The molecule has 0 saturated carbocycles. The summed E-state index contributed by atoms with van der Waals surface area (Å²) in [5.41, 5.74) is 6.39. The van der Waals surface area contributed by atoms with Crippen LogP contribution in [-0.4, -0.2) is 0 Å². The number of aryl methyl sites for hydroxylation is 2. The predicted octanol–water partition coefficient (Wildman–Crippen LogP) is 5.02. The lowest BCUT2D eigenvalue weighted by molar-refractivity contribution is 0.931. The molecule has 0 atom stereocenters. The Balaban J connectivity index is 2.42. The molecule has 1 aliphatic rings. The maximum atomic E-state index is 6.18. The number of benzene rings is 1. The standard InChI is InChI=1S/C16H17Cl/c1-4-16(17)14-7-6-13-9-11(2)5-8-15(13)12(3)10-14/h4-5,8-9H,1,3,6-7,10H2,2H3/b16-14+. The number of hydrogen-bond donors (Lipinski definition) is 0. The third kappa shape index (κ3) is 2.53. The Labute approximate surface area is 108 Å². The van der Waals surface area contributed by atoms with Gasteiger partial charge >= 0.3 is 0 Å². The molecular formula is C16H17Cl. The molecule has 0 fully saturated rings. The fourth-order valence-corrected chi connectivity index (χ4v) is 2.51. The maximum absolute atomic E-state index is 6.18. The summed E-state index contributed by atoms with van der Waals surface area (Å²) >= 11 is 6.18. The van der Waals surface area contributed by atoms with E-state index in [1.165, 1.54) is 22.3 Å². The van der Waals surface area contributed by atoms with Crippen LogP contribution in [0, 0.1) is 6.92 Å². The molecule has 2 rings (SSSR count). The van der Waals surface area contributed by atoms with Crippen LogP contribution in [0.1, 0.15) is 29.5 Å². The van der Waals surface area contributed by atoms with Crippen LogP contribution in [-0.2, 0) is 6.42 Å². The smallest absolute Gasteiger partial charge is 0.0395 e. The Morgan fingerprint density at radius 2 is 2.12 bits per heavy atom. The lowest BCUT2D eigenvalue weighted by Gasteiger charge is -2.08. The van der Waals surface area contributed by atoms with Gasteiger partial charge in [0.15, 0.2) is 0 Å². The monoisotopic (exact) mass is 244 g/mol. The molecule has 88 valence electrons. The summed E-state index contributed by atoms with van der Waals surface area (Å²) in [6, 6.07) is 6.58. The van der Waals surface area contributed by atoms with Gasteiger partial charge in [-0.05, 0) is 48.5 Å². The molecule has 17 heavy (non-hydrogen) atoms. The van der Waals surface area contributed by atoms with Gasteiger partial charge in [-0.1, -0.05) is 54.6 Å². The molecule has 0 amide bonds. The second-order valence-corrected chi connectivity index (χ2v) is 5.00. The van der Waals surface area contributed by atoms with Crippen LogP contribution in [0.3, 0.4) is 0 Å². The Bertz CT molecular complexity index is 506. The van der Waals surface area contributed by atoms with E-state index in [0.717, 1.165) is 29.9 Å². The molecule has 0 nitrogen and oxygen atoms in total. The van der Waals surface area contributed by atoms with Crippen molar-refractivity contribution in [3.8, 4) is 0 Å². The normalized spacial score (nSPS) is 18.4. The zero-order valence-corrected chi connectivity index (χ0v) is 11.0. The van der Waals surface area contributed by atoms with Gasteiger partial charge in [-0.2, -0.15) is 0 Å². The van der Waals surface area contributed by atoms with Gasteiger partial charge in [-0.15, -0.1) is 0 Å². The molecule has 0 unspecified atom stereocenters. The fraction of sp³-hybridized carbons (Fsp3) is 0.250. The minimum absolute atomic E-state index is 0.788. The van der Waals surface area contributed by atoms with Crippen molar-refractivity contribution < 1.29 is 0 Å². The number of halogens is 1. The highest BCUT2D eigenvalue weighted by Crippen LogP contribution is 2.34. The molecule has 0 aliphatic heterocycles. The summed E-state index contributed by atoms with van der Waals surface area (Å²) < 4.78 is 0. The summed E-state index contributed by atoms with van der Waals surface area (Å²) in [6.07, 6.45) is 4.63. The van der Waals surface area contributed by atoms with Crippen molar-refractivity contribution in [3.63, 3.8) is 0 Å². The second-order valence-electron chi connectivity index (χ2n) is 4.60. The van der Waals surface area contributed by atoms with Crippen molar-refractivity contribution in [2.75, 3.05) is 0 Å². The van der Waals surface area contributed by atoms with Gasteiger partial charge in [0.2, 0.25) is 0 Å². The van der Waals surface area contributed by atoms with Crippen LogP contribution in [0.5, 0.6) is 0 Å². The van der Waals surface area contributed by atoms with Crippen molar-refractivity contribution in [2.24, 2.45) is 0 Å². The molecule has 1 heteroatoms. The highest BCUT2D eigenvalue weighted by Gasteiger charge is 2.15. The van der Waals surface area contributed by atoms with E-state index in [-0.39, 0.29) is 0 Å². The Hall–Kier alpha value is -1.27. The molecule has 0 heterocycles. The van der Waals surface area contributed by atoms with E-state index in [9.17, 15) is 0 Å². The van der Waals surface area contributed by atoms with Crippen molar-refractivity contribution in [1.82, 2.24) is 0 Å². The number of fused-ring (bicyclic) bond motifs is 1. The Kier molecular flexibility index (Phi) is 3.54. The number of allylic oxidation sites excluding steroid dienone is 4. The molecule has 0 radical (unpaired) electrons. The minimum Gasteiger partial charge on any atom is -0.0976 e. The summed E-state index contributed by atoms with van der Waals surface area (Å²) in [6.45, 7) is 10.0. The molecule has 1 aromatic carbocycles. The average Bonchev–Trinajstić information content (AvgIpc) is 2.48. The summed E-state index contributed by atoms with van der Waals surface area (Å²) in [5.74, 6) is 0. The summed E-state index contributed by atoms with van der Waals surface area (Å²) in [4.78, 5) is 0. The first-order valence-electron chi connectivity index (χ1n) is 5.89. The largest absolute Gasteiger partial charge is 0.0976 e. The average molecular weight is 245 g/mol. The van der Waals surface area contributed by atoms with E-state index < -0.39 is 0 Å². The predicted molar refractivity (Wildman–Crippen MR) is 76.2 cm³/mol. The molecule has 1 aromatic rings. The van der Waals surface area contributed by atoms with E-state index >= 15 is 0 Å². The van der Waals surface area contributed by atoms with Crippen molar-refractivity contribution >= 4 is 17.2 Å². The molecule has 1 aliphatic carbocycles. The fourth-order valence-electron chi connectivity index (χ4n) is 2.35. The van der Waals surface area contributed by atoms with Crippen LogP contribution in [0.25, 0.3) is 5.57 Å². The lowest BCUT2D eigenvalue weighted by Crippen LogP contribution is -1.90. The first-order valence-corrected chi connectivity index (χ1v) is 6.27. The van der Waals surface area contributed by atoms with Gasteiger partial charge in [-0.25, -0.2) is 0 Å². The second kappa shape index (κ2) is 4.93. The first-order chi connectivity index (χ1) is 8.11. The third-order valence-electron chi connectivity index (χ3n) is 3.28. The quantitative estimate of drug-likeness (QED) is 0.609. The summed E-state index contributed by atoms with van der Waals surface area (Å²) in [7, 11) is 0. The molecule has 0 aromatic heterocycles. The zero-order valence-electron chi connectivity index (χ0n) is 10.2. The Morgan fingerprint density at radius 1 is 1.35 bits per heavy atom. The molecular weight excluding hydrogens is 228 g/mol. The van der Waals surface area contributed by atoms with Crippen molar-refractivity contribution in [3.05, 3.63) is 64.7 Å².